The van der Waals surface area contributed by atoms with Crippen molar-refractivity contribution < 1.29 is 0 Å². The molecule has 3 heteroatoms. The van der Waals surface area contributed by atoms with E-state index in [2.05, 4.69) is 18.8 Å². The smallest absolute Gasteiger partial charge is 0.140 e. The Kier molecular flexibility index (Phi) is 3.12. The molecule has 0 saturated heterocycles. The molecule has 0 unspecified atom stereocenters. The summed E-state index contributed by atoms with van der Waals surface area (Å²) in [5, 5.41) is 9.05. The van der Waals surface area contributed by atoms with Gasteiger partial charge in [0.25, 0.3) is 0 Å². The maximum Gasteiger partial charge on any atom is 0.140 e. The molecule has 0 saturated carbocycles. The predicted molar refractivity (Wildman–Crippen MR) is 49.9 cm³/mol. The molecule has 0 aliphatic heterocycles. The van der Waals surface area contributed by atoms with Crippen LogP contribution in [0.25, 0.3) is 0 Å². The van der Waals surface area contributed by atoms with Crippen molar-refractivity contribution in [3.63, 3.8) is 0 Å². The molecule has 0 bridgehead atoms. The zero-order valence-corrected chi connectivity index (χ0v) is 7.93. The first-order valence-electron chi connectivity index (χ1n) is 3.75. The number of nitrogens with zero attached hydrogens (tertiary/aromatic N) is 2. The summed E-state index contributed by atoms with van der Waals surface area (Å²) in [5.41, 5.74) is 0.475. The van der Waals surface area contributed by atoms with Crippen LogP contribution in [0.4, 0.5) is 0 Å². The topological polar surface area (TPSA) is 36.7 Å². The third-order valence-corrected chi connectivity index (χ3v) is 2.21. The lowest BCUT2D eigenvalue weighted by Gasteiger charge is -2.02. The van der Waals surface area contributed by atoms with Crippen LogP contribution in [0.3, 0.4) is 0 Å². The van der Waals surface area contributed by atoms with Crippen LogP contribution in [0.1, 0.15) is 19.5 Å². The van der Waals surface area contributed by atoms with Gasteiger partial charge in [-0.25, -0.2) is 4.98 Å². The molecule has 0 aliphatic carbocycles. The maximum absolute atomic E-state index is 8.49. The van der Waals surface area contributed by atoms with Crippen LogP contribution in [0.2, 0.25) is 0 Å². The van der Waals surface area contributed by atoms with Gasteiger partial charge in [-0.2, -0.15) is 5.26 Å². The number of aromatic nitrogens is 1. The van der Waals surface area contributed by atoms with Gasteiger partial charge in [0.15, 0.2) is 0 Å². The van der Waals surface area contributed by atoms with E-state index in [-0.39, 0.29) is 0 Å². The molecule has 0 spiro atoms. The summed E-state index contributed by atoms with van der Waals surface area (Å²) in [6, 6.07) is 5.65. The quantitative estimate of drug-likeness (QED) is 0.653. The Balaban J connectivity index is 2.73. The summed E-state index contributed by atoms with van der Waals surface area (Å²) < 4.78 is 0. The summed E-state index contributed by atoms with van der Waals surface area (Å²) in [4.78, 5) is 5.08. The lowest BCUT2D eigenvalue weighted by Crippen LogP contribution is -1.87. The fourth-order valence-corrected chi connectivity index (χ4v) is 1.59. The number of rotatable bonds is 2. The molecule has 0 fully saturated rings. The molecule has 1 rings (SSSR count). The minimum Gasteiger partial charge on any atom is -0.244 e. The SMILES string of the molecule is CC(C)Sc1ccc(C#N)nc1. The Labute approximate surface area is 76.6 Å². The van der Waals surface area contributed by atoms with E-state index in [1.54, 1.807) is 24.0 Å². The van der Waals surface area contributed by atoms with Crippen molar-refractivity contribution in [3.05, 3.63) is 24.0 Å². The summed E-state index contributed by atoms with van der Waals surface area (Å²) in [7, 11) is 0. The minimum absolute atomic E-state index is 0.475. The summed E-state index contributed by atoms with van der Waals surface area (Å²) in [5.74, 6) is 0. The molecular formula is C9H10N2S. The first kappa shape index (κ1) is 9.08. The van der Waals surface area contributed by atoms with Crippen molar-refractivity contribution in [2.45, 2.75) is 24.0 Å². The Bertz CT molecular complexity index is 284. The second-order valence-corrected chi connectivity index (χ2v) is 4.31. The predicted octanol–water partition coefficient (Wildman–Crippen LogP) is 2.45. The average Bonchev–Trinajstić information content (AvgIpc) is 2.05. The van der Waals surface area contributed by atoms with Crippen LogP contribution >= 0.6 is 11.8 Å². The van der Waals surface area contributed by atoms with E-state index >= 15 is 0 Å². The van der Waals surface area contributed by atoms with Crippen LogP contribution in [0, 0.1) is 11.3 Å². The van der Waals surface area contributed by atoms with E-state index < -0.39 is 0 Å². The molecular weight excluding hydrogens is 168 g/mol. The standard InChI is InChI=1S/C9H10N2S/c1-7(2)12-9-4-3-8(5-10)11-6-9/h3-4,6-7H,1-2H3. The molecule has 62 valence electrons. The number of pyridine rings is 1. The second kappa shape index (κ2) is 4.13. The fourth-order valence-electron chi connectivity index (χ4n) is 0.788. The van der Waals surface area contributed by atoms with Gasteiger partial charge in [0.1, 0.15) is 11.8 Å². The zero-order chi connectivity index (χ0) is 8.97. The van der Waals surface area contributed by atoms with E-state index in [4.69, 9.17) is 5.26 Å². The Morgan fingerprint density at radius 2 is 2.25 bits per heavy atom. The van der Waals surface area contributed by atoms with Crippen LogP contribution in [0.15, 0.2) is 23.2 Å². The number of hydrogen-bond acceptors (Lipinski definition) is 3. The van der Waals surface area contributed by atoms with E-state index in [1.807, 2.05) is 12.1 Å². The normalized spacial score (nSPS) is 9.83. The Morgan fingerprint density at radius 3 is 2.67 bits per heavy atom. The van der Waals surface area contributed by atoms with Crippen LogP contribution in [-0.4, -0.2) is 10.2 Å². The van der Waals surface area contributed by atoms with E-state index in [0.717, 1.165) is 4.90 Å². The van der Waals surface area contributed by atoms with Crippen LogP contribution in [0.5, 0.6) is 0 Å². The van der Waals surface area contributed by atoms with Gasteiger partial charge in [-0.1, -0.05) is 13.8 Å². The molecule has 0 radical (unpaired) electrons. The van der Waals surface area contributed by atoms with Crippen molar-refractivity contribution in [2.75, 3.05) is 0 Å². The van der Waals surface area contributed by atoms with E-state index in [0.29, 0.717) is 10.9 Å². The van der Waals surface area contributed by atoms with E-state index in [9.17, 15) is 0 Å². The molecule has 0 amide bonds. The van der Waals surface area contributed by atoms with Gasteiger partial charge < -0.3 is 0 Å². The summed E-state index contributed by atoms with van der Waals surface area (Å²) >= 11 is 1.75. The highest BCUT2D eigenvalue weighted by Crippen LogP contribution is 2.21. The van der Waals surface area contributed by atoms with Gasteiger partial charge in [-0.3, -0.25) is 0 Å². The molecule has 1 heterocycles. The molecule has 1 aromatic heterocycles. The fraction of sp³-hybridized carbons (Fsp3) is 0.333. The highest BCUT2D eigenvalue weighted by Gasteiger charge is 1.98. The van der Waals surface area contributed by atoms with Gasteiger partial charge >= 0.3 is 0 Å². The van der Waals surface area contributed by atoms with E-state index in [1.165, 1.54) is 0 Å². The highest BCUT2D eigenvalue weighted by molar-refractivity contribution is 7.99. The minimum atomic E-state index is 0.475. The Morgan fingerprint density at radius 1 is 1.50 bits per heavy atom. The molecule has 12 heavy (non-hydrogen) atoms. The van der Waals surface area contributed by atoms with Gasteiger partial charge in [-0.05, 0) is 12.1 Å². The first-order valence-corrected chi connectivity index (χ1v) is 4.63. The van der Waals surface area contributed by atoms with Crippen molar-refractivity contribution >= 4 is 11.8 Å². The van der Waals surface area contributed by atoms with Crippen molar-refractivity contribution in [3.8, 4) is 6.07 Å². The van der Waals surface area contributed by atoms with Gasteiger partial charge in [0, 0.05) is 16.3 Å². The molecule has 0 atom stereocenters. The zero-order valence-electron chi connectivity index (χ0n) is 7.11. The largest absolute Gasteiger partial charge is 0.244 e. The number of nitriles is 1. The van der Waals surface area contributed by atoms with Crippen LogP contribution in [-0.2, 0) is 0 Å². The van der Waals surface area contributed by atoms with Gasteiger partial charge in [-0.15, -0.1) is 11.8 Å². The second-order valence-electron chi connectivity index (χ2n) is 2.66. The Hall–Kier alpha value is -1.01. The molecule has 0 N–H and O–H groups in total. The summed E-state index contributed by atoms with van der Waals surface area (Å²) in [6.45, 7) is 4.26. The maximum atomic E-state index is 8.49. The third-order valence-electron chi connectivity index (χ3n) is 1.22. The van der Waals surface area contributed by atoms with Gasteiger partial charge in [0.2, 0.25) is 0 Å². The van der Waals surface area contributed by atoms with Crippen molar-refractivity contribution in [1.29, 1.82) is 5.26 Å². The molecule has 0 aliphatic rings. The van der Waals surface area contributed by atoms with Crippen molar-refractivity contribution in [1.82, 2.24) is 4.98 Å². The highest BCUT2D eigenvalue weighted by atomic mass is 32.2. The van der Waals surface area contributed by atoms with Gasteiger partial charge in [0.05, 0.1) is 0 Å². The van der Waals surface area contributed by atoms with Crippen LogP contribution < -0.4 is 0 Å². The third kappa shape index (κ3) is 2.55. The average molecular weight is 178 g/mol. The molecule has 1 aromatic rings. The summed E-state index contributed by atoms with van der Waals surface area (Å²) in [6.07, 6.45) is 1.74. The molecule has 2 nitrogen and oxygen atoms in total. The monoisotopic (exact) mass is 178 g/mol. The lowest BCUT2D eigenvalue weighted by atomic mass is 10.4. The lowest BCUT2D eigenvalue weighted by molar-refractivity contribution is 1.10. The number of hydrogen-bond donors (Lipinski definition) is 0. The molecule has 0 aromatic carbocycles. The first-order chi connectivity index (χ1) is 5.72. The number of thioether (sulfide) groups is 1. The van der Waals surface area contributed by atoms with Crippen molar-refractivity contribution in [2.24, 2.45) is 0 Å².